The number of aliphatic imine (C=N–C) groups is 1. The van der Waals surface area contributed by atoms with Gasteiger partial charge in [0.15, 0.2) is 17.5 Å². The highest BCUT2D eigenvalue weighted by atomic mass is 127. The molecule has 3 N–H and O–H groups in total. The van der Waals surface area contributed by atoms with E-state index in [0.29, 0.717) is 37.2 Å². The Balaban J connectivity index is 0.00000341. The molecule has 0 atom stereocenters. The van der Waals surface area contributed by atoms with Gasteiger partial charge in [-0.3, -0.25) is 0 Å². The third-order valence-corrected chi connectivity index (χ3v) is 4.46. The molecule has 3 aromatic rings. The molecule has 0 bridgehead atoms. The molecule has 164 valence electrons. The first-order valence-electron chi connectivity index (χ1n) is 9.66. The number of guanidine groups is 1. The van der Waals surface area contributed by atoms with Crippen LogP contribution in [0.2, 0.25) is 0 Å². The first-order valence-corrected chi connectivity index (χ1v) is 9.66. The lowest BCUT2D eigenvalue weighted by Gasteiger charge is -2.11. The van der Waals surface area contributed by atoms with Gasteiger partial charge in [0.1, 0.15) is 0 Å². The fraction of sp³-hybridized carbons (Fsp3) is 0.208. The van der Waals surface area contributed by atoms with E-state index in [1.165, 1.54) is 0 Å². The fourth-order valence-corrected chi connectivity index (χ4v) is 2.96. The van der Waals surface area contributed by atoms with E-state index < -0.39 is 0 Å². The van der Waals surface area contributed by atoms with Crippen LogP contribution in [-0.4, -0.2) is 20.2 Å². The van der Waals surface area contributed by atoms with Crippen LogP contribution >= 0.6 is 24.0 Å². The molecule has 0 amide bonds. The average Bonchev–Trinajstić information content (AvgIpc) is 2.78. The van der Waals surface area contributed by atoms with E-state index in [-0.39, 0.29) is 24.0 Å². The molecule has 0 aliphatic heterocycles. The molecule has 0 aliphatic carbocycles. The van der Waals surface area contributed by atoms with E-state index in [4.69, 9.17) is 19.9 Å². The van der Waals surface area contributed by atoms with Gasteiger partial charge in [-0.25, -0.2) is 4.99 Å². The first kappa shape index (κ1) is 24.5. The summed E-state index contributed by atoms with van der Waals surface area (Å²) >= 11 is 0. The van der Waals surface area contributed by atoms with E-state index in [1.807, 2.05) is 54.6 Å². The van der Waals surface area contributed by atoms with Gasteiger partial charge in [-0.1, -0.05) is 54.6 Å². The van der Waals surface area contributed by atoms with Crippen molar-refractivity contribution >= 4 is 35.6 Å². The lowest BCUT2D eigenvalue weighted by Crippen LogP contribution is -2.22. The predicted molar refractivity (Wildman–Crippen MR) is 135 cm³/mol. The van der Waals surface area contributed by atoms with Gasteiger partial charge >= 0.3 is 0 Å². The predicted octanol–water partition coefficient (Wildman–Crippen LogP) is 4.97. The smallest absolute Gasteiger partial charge is 0.193 e. The zero-order valence-electron chi connectivity index (χ0n) is 17.7. The van der Waals surface area contributed by atoms with E-state index in [0.717, 1.165) is 22.4 Å². The summed E-state index contributed by atoms with van der Waals surface area (Å²) in [7, 11) is 3.19. The summed E-state index contributed by atoms with van der Waals surface area (Å²) in [6, 6.07) is 23.8. The van der Waals surface area contributed by atoms with Gasteiger partial charge in [-0.15, -0.1) is 24.0 Å². The summed E-state index contributed by atoms with van der Waals surface area (Å²) in [6.07, 6.45) is 0. The Morgan fingerprint density at radius 1 is 0.806 bits per heavy atom. The Labute approximate surface area is 200 Å². The number of nitrogens with zero attached hydrogens (tertiary/aromatic N) is 1. The molecule has 3 rings (SSSR count). The topological polar surface area (TPSA) is 78.1 Å². The minimum Gasteiger partial charge on any atom is -0.493 e. The molecule has 3 aromatic carbocycles. The van der Waals surface area contributed by atoms with Crippen molar-refractivity contribution < 1.29 is 14.2 Å². The number of halogens is 1. The van der Waals surface area contributed by atoms with Crippen LogP contribution in [-0.2, 0) is 24.5 Å². The van der Waals surface area contributed by atoms with Crippen molar-refractivity contribution in [1.82, 2.24) is 0 Å². The second-order valence-electron chi connectivity index (χ2n) is 6.69. The van der Waals surface area contributed by atoms with Gasteiger partial charge in [0.2, 0.25) is 0 Å². The summed E-state index contributed by atoms with van der Waals surface area (Å²) in [6.45, 7) is 1.61. The molecule has 0 aromatic heterocycles. The number of nitrogens with one attached hydrogen (secondary N) is 1. The molecular weight excluding hydrogens is 505 g/mol. The highest BCUT2D eigenvalue weighted by Crippen LogP contribution is 2.29. The van der Waals surface area contributed by atoms with E-state index >= 15 is 0 Å². The van der Waals surface area contributed by atoms with Crippen molar-refractivity contribution in [2.24, 2.45) is 10.7 Å². The van der Waals surface area contributed by atoms with Crippen LogP contribution in [0.15, 0.2) is 77.8 Å². The van der Waals surface area contributed by atoms with Crippen LogP contribution in [0.4, 0.5) is 5.69 Å². The molecule has 31 heavy (non-hydrogen) atoms. The van der Waals surface area contributed by atoms with Gasteiger partial charge in [0.05, 0.1) is 34.0 Å². The van der Waals surface area contributed by atoms with Crippen LogP contribution in [0.25, 0.3) is 0 Å². The summed E-state index contributed by atoms with van der Waals surface area (Å²) < 4.78 is 16.4. The van der Waals surface area contributed by atoms with Gasteiger partial charge in [-0.2, -0.15) is 0 Å². The van der Waals surface area contributed by atoms with Crippen LogP contribution in [0.5, 0.6) is 11.5 Å². The Bertz CT molecular complexity index is 981. The molecule has 0 radical (unpaired) electrons. The number of benzene rings is 3. The molecule has 0 spiro atoms. The Morgan fingerprint density at radius 2 is 1.48 bits per heavy atom. The standard InChI is InChI=1S/C24H27N3O3.HI/c1-28-22-12-11-21(14-23(22)29-2)27-24(25)26-15-19-9-6-10-20(13-19)17-30-16-18-7-4-3-5-8-18;/h3-14H,15-17H2,1-2H3,(H3,25,26,27);1H. The van der Waals surface area contributed by atoms with Gasteiger partial charge in [0, 0.05) is 11.8 Å². The number of ether oxygens (including phenoxy) is 3. The minimum atomic E-state index is 0. The quantitative estimate of drug-likeness (QED) is 0.231. The van der Waals surface area contributed by atoms with Crippen molar-refractivity contribution in [2.75, 3.05) is 19.5 Å². The molecule has 7 heteroatoms. The Morgan fingerprint density at radius 3 is 2.23 bits per heavy atom. The monoisotopic (exact) mass is 533 g/mol. The lowest BCUT2D eigenvalue weighted by atomic mass is 10.1. The zero-order chi connectivity index (χ0) is 21.2. The molecule has 0 fully saturated rings. The molecule has 0 aliphatic rings. The van der Waals surface area contributed by atoms with Gasteiger partial charge in [-0.05, 0) is 28.8 Å². The van der Waals surface area contributed by atoms with Crippen LogP contribution in [0, 0.1) is 0 Å². The van der Waals surface area contributed by atoms with E-state index in [1.54, 1.807) is 14.2 Å². The number of hydrogen-bond donors (Lipinski definition) is 2. The molecule has 0 heterocycles. The molecule has 0 saturated heterocycles. The minimum absolute atomic E-state index is 0. The fourth-order valence-electron chi connectivity index (χ4n) is 2.96. The summed E-state index contributed by atoms with van der Waals surface area (Å²) in [5.74, 6) is 1.61. The number of rotatable bonds is 9. The Kier molecular flexibility index (Phi) is 10.1. The van der Waals surface area contributed by atoms with Gasteiger partial charge in [0.25, 0.3) is 0 Å². The van der Waals surface area contributed by atoms with Crippen LogP contribution in [0.1, 0.15) is 16.7 Å². The number of nitrogens with two attached hydrogens (primary N) is 1. The average molecular weight is 533 g/mol. The zero-order valence-corrected chi connectivity index (χ0v) is 20.0. The summed E-state index contributed by atoms with van der Waals surface area (Å²) in [4.78, 5) is 4.43. The Hall–Kier alpha value is -2.78. The summed E-state index contributed by atoms with van der Waals surface area (Å²) in [5, 5.41) is 3.07. The second-order valence-corrected chi connectivity index (χ2v) is 6.69. The molecule has 0 saturated carbocycles. The van der Waals surface area contributed by atoms with Crippen molar-refractivity contribution in [3.8, 4) is 11.5 Å². The van der Waals surface area contributed by atoms with Crippen LogP contribution in [0.3, 0.4) is 0 Å². The van der Waals surface area contributed by atoms with Crippen molar-refractivity contribution in [1.29, 1.82) is 0 Å². The van der Waals surface area contributed by atoms with Crippen molar-refractivity contribution in [3.05, 3.63) is 89.5 Å². The third kappa shape index (κ3) is 7.76. The van der Waals surface area contributed by atoms with Crippen molar-refractivity contribution in [3.63, 3.8) is 0 Å². The lowest BCUT2D eigenvalue weighted by molar-refractivity contribution is 0.107. The van der Waals surface area contributed by atoms with E-state index in [2.05, 4.69) is 28.5 Å². The largest absolute Gasteiger partial charge is 0.493 e. The first-order chi connectivity index (χ1) is 14.7. The van der Waals surface area contributed by atoms with E-state index in [9.17, 15) is 0 Å². The van der Waals surface area contributed by atoms with Crippen LogP contribution < -0.4 is 20.5 Å². The highest BCUT2D eigenvalue weighted by Gasteiger charge is 2.05. The highest BCUT2D eigenvalue weighted by molar-refractivity contribution is 14.0. The molecule has 6 nitrogen and oxygen atoms in total. The third-order valence-electron chi connectivity index (χ3n) is 4.46. The number of anilines is 1. The maximum atomic E-state index is 6.04. The maximum absolute atomic E-state index is 6.04. The SMILES string of the molecule is COc1ccc(NC(N)=NCc2cccc(COCc3ccccc3)c2)cc1OC.I. The summed E-state index contributed by atoms with van der Waals surface area (Å²) in [5.41, 5.74) is 10.1. The second kappa shape index (κ2) is 12.8. The van der Waals surface area contributed by atoms with Crippen molar-refractivity contribution in [2.45, 2.75) is 19.8 Å². The number of hydrogen-bond acceptors (Lipinski definition) is 4. The number of methoxy groups -OCH3 is 2. The normalized spacial score (nSPS) is 10.8. The molecular formula is C24H28IN3O3. The van der Waals surface area contributed by atoms with Gasteiger partial charge < -0.3 is 25.3 Å². The maximum Gasteiger partial charge on any atom is 0.193 e. The molecule has 0 unspecified atom stereocenters.